The third-order valence-electron chi connectivity index (χ3n) is 10.0. The van der Waals surface area contributed by atoms with Gasteiger partial charge in [-0.1, -0.05) is 24.3 Å². The van der Waals surface area contributed by atoms with Gasteiger partial charge in [0.2, 0.25) is 0 Å². The summed E-state index contributed by atoms with van der Waals surface area (Å²) in [6.45, 7) is 2.87. The highest BCUT2D eigenvalue weighted by molar-refractivity contribution is 7.86. The van der Waals surface area contributed by atoms with Crippen LogP contribution in [0.15, 0.2) is 139 Å². The lowest BCUT2D eigenvalue weighted by molar-refractivity contribution is 0.101. The molecule has 8 N–H and O–H groups in total. The molecule has 0 aliphatic heterocycles. The lowest BCUT2D eigenvalue weighted by Crippen LogP contribution is -2.14. The van der Waals surface area contributed by atoms with E-state index in [1.807, 2.05) is 0 Å². The number of aryl methyl sites for hydroxylation is 2. The molecule has 0 spiro atoms. The summed E-state index contributed by atoms with van der Waals surface area (Å²) < 4.78 is 69.7. The molecule has 2 amide bonds. The molecule has 0 aliphatic rings. The first-order valence-electron chi connectivity index (χ1n) is 18.9. The molecule has 0 bridgehead atoms. The van der Waals surface area contributed by atoms with Crippen LogP contribution in [-0.2, 0) is 33.5 Å². The van der Waals surface area contributed by atoms with Gasteiger partial charge in [-0.25, -0.2) is 0 Å². The summed E-state index contributed by atoms with van der Waals surface area (Å²) in [4.78, 5) is 25.0. The molecule has 7 aromatic rings. The summed E-state index contributed by atoms with van der Waals surface area (Å²) in [6.07, 6.45) is 0. The number of phenolic OH excluding ortho intramolecular Hbond substituents is 2. The van der Waals surface area contributed by atoms with Crippen molar-refractivity contribution in [1.29, 1.82) is 0 Å². The van der Waals surface area contributed by atoms with Crippen molar-refractivity contribution in [2.24, 2.45) is 20.5 Å². The van der Waals surface area contributed by atoms with Crippen molar-refractivity contribution >= 4 is 87.7 Å². The Morgan fingerprint density at radius 2 is 0.891 bits per heavy atom. The van der Waals surface area contributed by atoms with Gasteiger partial charge < -0.3 is 31.1 Å². The van der Waals surface area contributed by atoms with E-state index < -0.39 is 64.7 Å². The number of azo groups is 2. The predicted molar refractivity (Wildman–Crippen MR) is 236 cm³/mol. The van der Waals surface area contributed by atoms with E-state index in [1.165, 1.54) is 72.8 Å². The molecule has 0 saturated heterocycles. The molecule has 7 rings (SSSR count). The van der Waals surface area contributed by atoms with Crippen molar-refractivity contribution in [3.8, 4) is 11.5 Å². The van der Waals surface area contributed by atoms with Crippen molar-refractivity contribution < 1.29 is 56.0 Å². The van der Waals surface area contributed by atoms with Gasteiger partial charge in [0, 0.05) is 33.3 Å². The van der Waals surface area contributed by atoms with Crippen LogP contribution in [0, 0.1) is 13.8 Å². The number of aromatic hydroxyl groups is 2. The van der Waals surface area contributed by atoms with E-state index in [2.05, 4.69) is 31.1 Å². The Bertz CT molecular complexity index is 3120. The average molecular weight is 905 g/mol. The second-order valence-corrected chi connectivity index (χ2v) is 17.2. The van der Waals surface area contributed by atoms with Crippen molar-refractivity contribution in [3.05, 3.63) is 143 Å². The number of amides is 2. The molecule has 7 aromatic carbocycles. The van der Waals surface area contributed by atoms with E-state index >= 15 is 0 Å². The maximum atomic E-state index is 13.2. The first-order chi connectivity index (χ1) is 30.3. The van der Waals surface area contributed by atoms with E-state index in [0.717, 1.165) is 12.1 Å². The Morgan fingerprint density at radius 1 is 0.516 bits per heavy atom. The number of aliphatic hydroxyl groups excluding tert-OH is 2. The molecule has 0 radical (unpaired) electrons. The van der Waals surface area contributed by atoms with Gasteiger partial charge in [0.25, 0.3) is 32.1 Å². The quantitative estimate of drug-likeness (QED) is 0.0421. The fourth-order valence-corrected chi connectivity index (χ4v) is 7.87. The van der Waals surface area contributed by atoms with Crippen molar-refractivity contribution in [1.82, 2.24) is 0 Å². The standard InChI is InChI=1S/C44H36N6O12S2/c1-23-3-5-25(21-51)15-35(23)47-49-39-37(63(57,58)59)19-29-17-31(11-13-33(29)41(39)53)45-43(55)27-7-9-28(10-8-27)44(56)46-32-12-14-34-30(18-32)20-38(64(60,61)62)40(42(34)54)50-48-36-16-26(22-52)6-4-24(36)2/h3-20,51-54H,21-22H2,1-2H3,(H,45,55)(H,46,56)(H,57,58,59)(H,60,61,62). The van der Waals surface area contributed by atoms with Crippen molar-refractivity contribution in [2.45, 2.75) is 36.9 Å². The summed E-state index contributed by atoms with van der Waals surface area (Å²) in [5.74, 6) is -2.45. The predicted octanol–water partition coefficient (Wildman–Crippen LogP) is 8.83. The van der Waals surface area contributed by atoms with Crippen LogP contribution in [0.1, 0.15) is 43.0 Å². The number of nitrogens with zero attached hydrogens (tertiary/aromatic N) is 4. The molecule has 64 heavy (non-hydrogen) atoms. The molecular formula is C44H36N6O12S2. The lowest BCUT2D eigenvalue weighted by atomic mass is 10.1. The average Bonchev–Trinajstić information content (AvgIpc) is 3.25. The summed E-state index contributed by atoms with van der Waals surface area (Å²) in [6, 6.07) is 25.8. The van der Waals surface area contributed by atoms with E-state index in [-0.39, 0.29) is 57.3 Å². The maximum Gasteiger partial charge on any atom is 0.296 e. The molecule has 326 valence electrons. The molecular weight excluding hydrogens is 869 g/mol. The molecule has 0 aromatic heterocycles. The molecule has 0 heterocycles. The van der Waals surface area contributed by atoms with Crippen molar-refractivity contribution in [2.75, 3.05) is 10.6 Å². The number of carbonyl (C=O) groups excluding carboxylic acids is 2. The fraction of sp³-hybridized carbons (Fsp3) is 0.0909. The SMILES string of the molecule is Cc1ccc(CO)cc1N=Nc1c(S(=O)(=O)O)cc2cc(NC(=O)c3ccc(C(=O)Nc4ccc5c(O)c(N=Nc6cc(CO)ccc6C)c(S(=O)(=O)O)cc5c4)cc3)ccc2c1O. The smallest absolute Gasteiger partial charge is 0.296 e. The minimum Gasteiger partial charge on any atom is -0.505 e. The van der Waals surface area contributed by atoms with Gasteiger partial charge in [-0.3, -0.25) is 18.7 Å². The summed E-state index contributed by atoms with van der Waals surface area (Å²) in [7, 11) is -9.89. The zero-order chi connectivity index (χ0) is 46.1. The van der Waals surface area contributed by atoms with Crippen LogP contribution in [0.5, 0.6) is 11.5 Å². The number of anilines is 2. The van der Waals surface area contributed by atoms with Crippen LogP contribution >= 0.6 is 0 Å². The molecule has 0 saturated carbocycles. The summed E-state index contributed by atoms with van der Waals surface area (Å²) in [5, 5.41) is 62.9. The molecule has 0 fully saturated rings. The van der Waals surface area contributed by atoms with E-state index in [4.69, 9.17) is 0 Å². The van der Waals surface area contributed by atoms with Crippen LogP contribution in [0.4, 0.5) is 34.1 Å². The molecule has 20 heteroatoms. The number of hydrogen-bond donors (Lipinski definition) is 8. The Kier molecular flexibility index (Phi) is 12.4. The van der Waals surface area contributed by atoms with Gasteiger partial charge in [-0.15, -0.1) is 10.2 Å². The number of rotatable bonds is 12. The van der Waals surface area contributed by atoms with Gasteiger partial charge in [-0.2, -0.15) is 27.1 Å². The molecule has 0 atom stereocenters. The first-order valence-corrected chi connectivity index (χ1v) is 21.7. The second kappa shape index (κ2) is 17.7. The fourth-order valence-electron chi connectivity index (χ4n) is 6.55. The zero-order valence-corrected chi connectivity index (χ0v) is 35.2. The van der Waals surface area contributed by atoms with Gasteiger partial charge in [0.05, 0.1) is 24.6 Å². The number of fused-ring (bicyclic) bond motifs is 2. The minimum atomic E-state index is -4.95. The Morgan fingerprint density at radius 3 is 1.23 bits per heavy atom. The number of nitrogens with one attached hydrogen (secondary N) is 2. The normalized spacial score (nSPS) is 12.1. The molecule has 0 unspecified atom stereocenters. The van der Waals surface area contributed by atoms with Gasteiger partial charge in [0.1, 0.15) is 21.2 Å². The third kappa shape index (κ3) is 9.46. The number of benzene rings is 7. The van der Waals surface area contributed by atoms with Crippen LogP contribution < -0.4 is 10.6 Å². The molecule has 0 aliphatic carbocycles. The number of hydrogen-bond acceptors (Lipinski definition) is 14. The molecule has 18 nitrogen and oxygen atoms in total. The zero-order valence-electron chi connectivity index (χ0n) is 33.5. The largest absolute Gasteiger partial charge is 0.505 e. The topological polar surface area (TPSA) is 297 Å². The Labute approximate surface area is 364 Å². The Balaban J connectivity index is 1.08. The van der Waals surface area contributed by atoms with Crippen LogP contribution in [-0.4, -0.2) is 58.2 Å². The minimum absolute atomic E-state index is 0.118. The monoisotopic (exact) mass is 904 g/mol. The van der Waals surface area contributed by atoms with Crippen molar-refractivity contribution in [3.63, 3.8) is 0 Å². The van der Waals surface area contributed by atoms with Crippen LogP contribution in [0.25, 0.3) is 21.5 Å². The van der Waals surface area contributed by atoms with E-state index in [1.54, 1.807) is 38.1 Å². The summed E-state index contributed by atoms with van der Waals surface area (Å²) >= 11 is 0. The third-order valence-corrected chi connectivity index (χ3v) is 11.7. The first kappa shape index (κ1) is 44.6. The number of aliphatic hydroxyl groups is 2. The highest BCUT2D eigenvalue weighted by Crippen LogP contribution is 2.44. The second-order valence-electron chi connectivity index (χ2n) is 14.4. The van der Waals surface area contributed by atoms with Gasteiger partial charge in [0.15, 0.2) is 11.5 Å². The van der Waals surface area contributed by atoms with E-state index in [9.17, 15) is 56.0 Å². The Hall–Kier alpha value is -7.46. The highest BCUT2D eigenvalue weighted by atomic mass is 32.2. The lowest BCUT2D eigenvalue weighted by Gasteiger charge is -2.12. The maximum absolute atomic E-state index is 13.2. The van der Waals surface area contributed by atoms with Crippen LogP contribution in [0.2, 0.25) is 0 Å². The number of phenols is 2. The van der Waals surface area contributed by atoms with Gasteiger partial charge in [-0.05, 0) is 132 Å². The van der Waals surface area contributed by atoms with Crippen LogP contribution in [0.3, 0.4) is 0 Å². The highest BCUT2D eigenvalue weighted by Gasteiger charge is 2.24. The van der Waals surface area contributed by atoms with Gasteiger partial charge >= 0.3 is 0 Å². The number of carbonyl (C=O) groups is 2. The summed E-state index contributed by atoms with van der Waals surface area (Å²) in [5.41, 5.74) is 2.48. The van der Waals surface area contributed by atoms with E-state index in [0.29, 0.717) is 33.6 Å².